The van der Waals surface area contributed by atoms with Crippen LogP contribution in [-0.4, -0.2) is 74.9 Å². The zero-order valence-corrected chi connectivity index (χ0v) is 23.1. The van der Waals surface area contributed by atoms with Crippen molar-refractivity contribution in [2.45, 2.75) is 44.2 Å². The van der Waals surface area contributed by atoms with Crippen molar-refractivity contribution in [1.29, 1.82) is 0 Å². The summed E-state index contributed by atoms with van der Waals surface area (Å²) in [6.45, 7) is 5.77. The Morgan fingerprint density at radius 1 is 1.10 bits per heavy atom. The molecule has 0 amide bonds. The average molecular weight is 540 g/mol. The minimum Gasteiger partial charge on any atom is -0.397 e. The van der Waals surface area contributed by atoms with E-state index in [2.05, 4.69) is 57.3 Å². The minimum absolute atomic E-state index is 0.0617. The fourth-order valence-electron chi connectivity index (χ4n) is 6.49. The molecular weight excluding hydrogens is 502 g/mol. The third-order valence-corrected chi connectivity index (χ3v) is 8.60. The van der Waals surface area contributed by atoms with E-state index in [1.807, 2.05) is 23.0 Å². The Bertz CT molecular complexity index is 1480. The topological polar surface area (TPSA) is 132 Å². The van der Waals surface area contributed by atoms with Gasteiger partial charge in [0.2, 0.25) is 0 Å². The van der Waals surface area contributed by atoms with Crippen LogP contribution in [0.1, 0.15) is 53.3 Å². The molecule has 40 heavy (non-hydrogen) atoms. The second kappa shape index (κ2) is 10.9. The number of nitrogens with two attached hydrogens (primary N) is 2. The van der Waals surface area contributed by atoms with Gasteiger partial charge in [0.05, 0.1) is 23.4 Å². The molecule has 6 rings (SSSR count). The third-order valence-electron chi connectivity index (χ3n) is 8.60. The molecule has 0 unspecified atom stereocenters. The fraction of sp³-hybridized carbons (Fsp3) is 0.433. The van der Waals surface area contributed by atoms with Crippen LogP contribution in [0.3, 0.4) is 0 Å². The summed E-state index contributed by atoms with van der Waals surface area (Å²) in [4.78, 5) is 27.4. The van der Waals surface area contributed by atoms with Crippen molar-refractivity contribution in [1.82, 2.24) is 29.9 Å². The molecule has 0 aliphatic carbocycles. The van der Waals surface area contributed by atoms with Crippen molar-refractivity contribution in [2.24, 2.45) is 11.7 Å². The van der Waals surface area contributed by atoms with Crippen LogP contribution < -0.4 is 16.4 Å². The zero-order valence-electron chi connectivity index (χ0n) is 23.1. The number of carbonyl (C=O) groups is 1. The van der Waals surface area contributed by atoms with Crippen LogP contribution in [0.4, 0.5) is 11.4 Å². The van der Waals surface area contributed by atoms with Gasteiger partial charge in [-0.2, -0.15) is 0 Å². The van der Waals surface area contributed by atoms with Crippen LogP contribution in [0.5, 0.6) is 0 Å². The number of fused-ring (bicyclic) bond motifs is 1. The molecule has 5 heterocycles. The highest BCUT2D eigenvalue weighted by molar-refractivity contribution is 6.03. The van der Waals surface area contributed by atoms with E-state index in [1.165, 1.54) is 5.56 Å². The van der Waals surface area contributed by atoms with E-state index < -0.39 is 0 Å². The first-order valence-electron chi connectivity index (χ1n) is 14.1. The average Bonchev–Trinajstić information content (AvgIpc) is 3.47. The lowest BCUT2D eigenvalue weighted by Gasteiger charge is -2.42. The van der Waals surface area contributed by atoms with Crippen molar-refractivity contribution >= 4 is 28.1 Å². The number of nitrogen functional groups attached to an aromatic ring is 1. The first kappa shape index (κ1) is 26.3. The number of benzene rings is 1. The number of piperidine rings is 2. The van der Waals surface area contributed by atoms with Crippen molar-refractivity contribution in [2.75, 3.05) is 43.9 Å². The van der Waals surface area contributed by atoms with Gasteiger partial charge in [0.15, 0.2) is 5.78 Å². The van der Waals surface area contributed by atoms with E-state index in [1.54, 1.807) is 18.6 Å². The normalized spacial score (nSPS) is 22.6. The predicted octanol–water partition coefficient (Wildman–Crippen LogP) is 3.06. The summed E-state index contributed by atoms with van der Waals surface area (Å²) in [5.41, 5.74) is 17.6. The van der Waals surface area contributed by atoms with Crippen LogP contribution >= 0.6 is 0 Å². The minimum atomic E-state index is -0.140. The van der Waals surface area contributed by atoms with E-state index in [9.17, 15) is 4.79 Å². The largest absolute Gasteiger partial charge is 0.397 e. The number of likely N-dealkylation sites (tertiary alicyclic amines) is 1. The molecule has 4 aromatic rings. The summed E-state index contributed by atoms with van der Waals surface area (Å²) in [7, 11) is 2.17. The summed E-state index contributed by atoms with van der Waals surface area (Å²) >= 11 is 0. The molecule has 2 aliphatic rings. The molecule has 3 atom stereocenters. The van der Waals surface area contributed by atoms with Gasteiger partial charge in [-0.15, -0.1) is 5.10 Å². The second-order valence-corrected chi connectivity index (χ2v) is 11.5. The van der Waals surface area contributed by atoms with Gasteiger partial charge in [-0.25, -0.2) is 9.67 Å². The Morgan fingerprint density at radius 3 is 2.67 bits per heavy atom. The van der Waals surface area contributed by atoms with E-state index in [4.69, 9.17) is 16.5 Å². The smallest absolute Gasteiger partial charge is 0.187 e. The van der Waals surface area contributed by atoms with Crippen molar-refractivity contribution < 1.29 is 4.79 Å². The number of anilines is 2. The predicted molar refractivity (Wildman–Crippen MR) is 156 cm³/mol. The Hall–Kier alpha value is -3.89. The Balaban J connectivity index is 1.23. The number of Topliss-reactive ketones (excluding diaryl/α,β-unsaturated/α-hetero) is 1. The Kier molecular flexibility index (Phi) is 7.20. The molecule has 0 radical (unpaired) electrons. The standard InChI is InChI=1S/C30H37N9O/c1-19-17-38(18-25(32)30(19)39-12-9-34-36-39)27-5-8-33-16-23(27)15-28(40)29-24(31)13-22-4-3-21(14-26(22)35-29)20-6-10-37(2)11-7-20/h3-5,8-9,12-14,16,19-20,25,30H,6-7,10-11,15,17-18,31-32H2,1-2H3/t19-,25+,30-/m0/s1. The Labute approximate surface area is 234 Å². The van der Waals surface area contributed by atoms with Gasteiger partial charge in [-0.3, -0.25) is 9.78 Å². The molecule has 10 nitrogen and oxygen atoms in total. The zero-order chi connectivity index (χ0) is 27.8. The molecule has 0 spiro atoms. The monoisotopic (exact) mass is 539 g/mol. The van der Waals surface area contributed by atoms with E-state index in [0.29, 0.717) is 23.8 Å². The molecule has 208 valence electrons. The number of ketones is 1. The highest BCUT2D eigenvalue weighted by atomic mass is 16.1. The number of hydrogen-bond acceptors (Lipinski definition) is 9. The first-order valence-corrected chi connectivity index (χ1v) is 14.1. The summed E-state index contributed by atoms with van der Waals surface area (Å²) in [6, 6.07) is 10.1. The van der Waals surface area contributed by atoms with Crippen LogP contribution in [0.25, 0.3) is 10.9 Å². The summed E-state index contributed by atoms with van der Waals surface area (Å²) in [6.07, 6.45) is 9.49. The van der Waals surface area contributed by atoms with Crippen LogP contribution in [-0.2, 0) is 6.42 Å². The lowest BCUT2D eigenvalue weighted by Crippen LogP contribution is -2.53. The number of carbonyl (C=O) groups excluding carboxylic acids is 1. The molecular formula is C30H37N9O. The van der Waals surface area contributed by atoms with Gasteiger partial charge in [0, 0.05) is 60.8 Å². The maximum absolute atomic E-state index is 13.6. The number of aromatic nitrogens is 5. The van der Waals surface area contributed by atoms with Gasteiger partial charge < -0.3 is 21.3 Å². The van der Waals surface area contributed by atoms with E-state index in [0.717, 1.165) is 54.6 Å². The molecule has 0 bridgehead atoms. The quantitative estimate of drug-likeness (QED) is 0.355. The maximum Gasteiger partial charge on any atom is 0.187 e. The second-order valence-electron chi connectivity index (χ2n) is 11.5. The SMILES string of the molecule is C[C@H]1CN(c2ccncc2CC(=O)c2nc3cc(C4CCN(C)CC4)ccc3cc2N)C[C@@H](N)[C@H]1n1ccnn1. The highest BCUT2D eigenvalue weighted by Crippen LogP contribution is 2.33. The van der Waals surface area contributed by atoms with Crippen LogP contribution in [0, 0.1) is 5.92 Å². The summed E-state index contributed by atoms with van der Waals surface area (Å²) in [5.74, 6) is 0.631. The highest BCUT2D eigenvalue weighted by Gasteiger charge is 2.35. The number of nitrogens with zero attached hydrogens (tertiary/aromatic N) is 7. The Morgan fingerprint density at radius 2 is 1.93 bits per heavy atom. The number of pyridine rings is 2. The van der Waals surface area contributed by atoms with Crippen molar-refractivity contribution in [3.63, 3.8) is 0 Å². The lowest BCUT2D eigenvalue weighted by atomic mass is 9.89. The van der Waals surface area contributed by atoms with E-state index >= 15 is 0 Å². The third kappa shape index (κ3) is 5.16. The first-order chi connectivity index (χ1) is 19.4. The molecule has 2 aliphatic heterocycles. The lowest BCUT2D eigenvalue weighted by molar-refractivity contribution is 0.0989. The maximum atomic E-state index is 13.6. The summed E-state index contributed by atoms with van der Waals surface area (Å²) < 4.78 is 1.86. The molecule has 2 fully saturated rings. The van der Waals surface area contributed by atoms with Crippen molar-refractivity contribution in [3.8, 4) is 0 Å². The molecule has 1 aromatic carbocycles. The fourth-order valence-corrected chi connectivity index (χ4v) is 6.49. The molecule has 4 N–H and O–H groups in total. The van der Waals surface area contributed by atoms with Gasteiger partial charge in [0.25, 0.3) is 0 Å². The van der Waals surface area contributed by atoms with Gasteiger partial charge in [-0.05, 0) is 68.6 Å². The van der Waals surface area contributed by atoms with Crippen LogP contribution in [0.15, 0.2) is 55.1 Å². The molecule has 0 saturated carbocycles. The summed E-state index contributed by atoms with van der Waals surface area (Å²) in [5, 5.41) is 9.09. The number of hydrogen-bond donors (Lipinski definition) is 2. The molecule has 2 saturated heterocycles. The van der Waals surface area contributed by atoms with Crippen LogP contribution in [0.2, 0.25) is 0 Å². The molecule has 3 aromatic heterocycles. The van der Waals surface area contributed by atoms with Gasteiger partial charge in [-0.1, -0.05) is 24.3 Å². The number of rotatable bonds is 6. The van der Waals surface area contributed by atoms with Gasteiger partial charge in [0.1, 0.15) is 5.69 Å². The van der Waals surface area contributed by atoms with Gasteiger partial charge >= 0.3 is 0 Å². The molecule has 10 heteroatoms. The van der Waals surface area contributed by atoms with Crippen molar-refractivity contribution in [3.05, 3.63) is 71.9 Å². The van der Waals surface area contributed by atoms with E-state index in [-0.39, 0.29) is 30.2 Å².